The number of nitrogen functional groups attached to an aromatic ring is 1. The van der Waals surface area contributed by atoms with Gasteiger partial charge in [-0.2, -0.15) is 4.79 Å². The topological polar surface area (TPSA) is 77.0 Å². The third-order valence-corrected chi connectivity index (χ3v) is 2.20. The highest BCUT2D eigenvalue weighted by Crippen LogP contribution is 2.19. The summed E-state index contributed by atoms with van der Waals surface area (Å²) in [4.78, 5) is 1.25. The quantitative estimate of drug-likeness (QED) is 0.700. The Balaban J connectivity index is 2.55. The molecule has 0 aliphatic heterocycles. The van der Waals surface area contributed by atoms with Crippen LogP contribution < -0.4 is 5.84 Å². The van der Waals surface area contributed by atoms with E-state index in [4.69, 9.17) is 5.84 Å². The van der Waals surface area contributed by atoms with Crippen molar-refractivity contribution >= 4 is 11.0 Å². The molecule has 0 amide bonds. The van der Waals surface area contributed by atoms with Crippen molar-refractivity contribution < 1.29 is 5.11 Å². The van der Waals surface area contributed by atoms with Crippen molar-refractivity contribution in [2.75, 3.05) is 5.84 Å². The predicted octanol–water partition coefficient (Wildman–Crippen LogP) is 0.458. The van der Waals surface area contributed by atoms with E-state index in [-0.39, 0.29) is 0 Å². The Morgan fingerprint density at radius 2 is 2.20 bits per heavy atom. The first-order valence-electron chi connectivity index (χ1n) is 4.78. The molecule has 80 valence electrons. The number of aliphatic hydroxyl groups is 1. The molecule has 1 aromatic carbocycles. The summed E-state index contributed by atoms with van der Waals surface area (Å²) in [7, 11) is 0. The lowest BCUT2D eigenvalue weighted by Crippen LogP contribution is -2.23. The molecule has 0 aliphatic rings. The second kappa shape index (κ2) is 3.20. The Kier molecular flexibility index (Phi) is 2.12. The number of nitrogens with zero attached hydrogens (tertiary/aromatic N) is 3. The fourth-order valence-electron chi connectivity index (χ4n) is 1.67. The molecule has 0 saturated heterocycles. The standard InChI is InChI=1S/C10H14N4O/c1-10(2,15)6-7-4-3-5-8-9(7)14(11)13-12-8/h3-5,15H,6,11H2,1-2H3. The second-order valence-electron chi connectivity index (χ2n) is 4.31. The van der Waals surface area contributed by atoms with E-state index in [2.05, 4.69) is 10.3 Å². The molecule has 0 aliphatic carbocycles. The number of para-hydroxylation sites is 1. The Morgan fingerprint density at radius 1 is 1.47 bits per heavy atom. The summed E-state index contributed by atoms with van der Waals surface area (Å²) in [5.41, 5.74) is 1.71. The van der Waals surface area contributed by atoms with Crippen LogP contribution in [0.5, 0.6) is 0 Å². The first kappa shape index (κ1) is 9.92. The van der Waals surface area contributed by atoms with Crippen LogP contribution in [0.25, 0.3) is 11.0 Å². The molecule has 0 radical (unpaired) electrons. The summed E-state index contributed by atoms with van der Waals surface area (Å²) in [5, 5.41) is 17.4. The van der Waals surface area contributed by atoms with Gasteiger partial charge in [0, 0.05) is 6.42 Å². The summed E-state index contributed by atoms with van der Waals surface area (Å²) < 4.78 is 0. The molecule has 3 N–H and O–H groups in total. The number of nitrogens with two attached hydrogens (primary N) is 1. The van der Waals surface area contributed by atoms with Gasteiger partial charge in [0.1, 0.15) is 11.0 Å². The number of hydrogen-bond acceptors (Lipinski definition) is 4. The van der Waals surface area contributed by atoms with Crippen molar-refractivity contribution in [3.8, 4) is 0 Å². The number of benzene rings is 1. The van der Waals surface area contributed by atoms with Crippen LogP contribution in [0.15, 0.2) is 18.2 Å². The van der Waals surface area contributed by atoms with Crippen LogP contribution in [0.3, 0.4) is 0 Å². The van der Waals surface area contributed by atoms with E-state index in [9.17, 15) is 5.11 Å². The van der Waals surface area contributed by atoms with Crippen molar-refractivity contribution in [3.05, 3.63) is 23.8 Å². The van der Waals surface area contributed by atoms with E-state index in [0.717, 1.165) is 16.6 Å². The van der Waals surface area contributed by atoms with Gasteiger partial charge in [0.05, 0.1) is 5.60 Å². The largest absolute Gasteiger partial charge is 0.390 e. The molecule has 1 aromatic heterocycles. The van der Waals surface area contributed by atoms with Gasteiger partial charge >= 0.3 is 0 Å². The van der Waals surface area contributed by atoms with Crippen LogP contribution in [0.1, 0.15) is 19.4 Å². The maximum absolute atomic E-state index is 9.77. The maximum Gasteiger partial charge on any atom is 0.115 e. The van der Waals surface area contributed by atoms with Crippen molar-refractivity contribution in [2.24, 2.45) is 0 Å². The summed E-state index contributed by atoms with van der Waals surface area (Å²) in [6.07, 6.45) is 0.523. The Labute approximate surface area is 87.5 Å². The van der Waals surface area contributed by atoms with E-state index < -0.39 is 5.60 Å². The van der Waals surface area contributed by atoms with E-state index in [0.29, 0.717) is 6.42 Å². The van der Waals surface area contributed by atoms with Gasteiger partial charge < -0.3 is 10.9 Å². The fourth-order valence-corrected chi connectivity index (χ4v) is 1.67. The average molecular weight is 206 g/mol. The minimum Gasteiger partial charge on any atom is -0.390 e. The molecule has 2 aromatic rings. The first-order chi connectivity index (χ1) is 6.97. The van der Waals surface area contributed by atoms with Crippen LogP contribution in [0.2, 0.25) is 0 Å². The van der Waals surface area contributed by atoms with Gasteiger partial charge in [0.15, 0.2) is 0 Å². The van der Waals surface area contributed by atoms with Crippen LogP contribution in [-0.4, -0.2) is 25.8 Å². The smallest absolute Gasteiger partial charge is 0.115 e. The lowest BCUT2D eigenvalue weighted by Gasteiger charge is -2.17. The monoisotopic (exact) mass is 206 g/mol. The molecule has 0 atom stereocenters. The minimum atomic E-state index is -0.765. The highest BCUT2D eigenvalue weighted by atomic mass is 16.3. The summed E-state index contributed by atoms with van der Waals surface area (Å²) in [5.74, 6) is 5.66. The number of aromatic nitrogens is 3. The number of hydrogen-bond donors (Lipinski definition) is 2. The molecule has 0 fully saturated rings. The molecule has 15 heavy (non-hydrogen) atoms. The minimum absolute atomic E-state index is 0.523. The van der Waals surface area contributed by atoms with Gasteiger partial charge in [0.25, 0.3) is 0 Å². The number of fused-ring (bicyclic) bond motifs is 1. The van der Waals surface area contributed by atoms with E-state index >= 15 is 0 Å². The van der Waals surface area contributed by atoms with Gasteiger partial charge in [-0.15, -0.1) is 5.10 Å². The zero-order valence-electron chi connectivity index (χ0n) is 8.81. The van der Waals surface area contributed by atoms with Gasteiger partial charge in [-0.05, 0) is 30.7 Å². The average Bonchev–Trinajstić information content (AvgIpc) is 2.46. The van der Waals surface area contributed by atoms with Gasteiger partial charge in [0.2, 0.25) is 0 Å². The van der Waals surface area contributed by atoms with Crippen molar-refractivity contribution in [1.29, 1.82) is 0 Å². The van der Waals surface area contributed by atoms with Crippen molar-refractivity contribution in [2.45, 2.75) is 25.9 Å². The van der Waals surface area contributed by atoms with Crippen molar-refractivity contribution in [3.63, 3.8) is 0 Å². The Hall–Kier alpha value is -1.62. The molecule has 0 bridgehead atoms. The lowest BCUT2D eigenvalue weighted by molar-refractivity contribution is 0.0813. The first-order valence-corrected chi connectivity index (χ1v) is 4.78. The molecule has 5 nitrogen and oxygen atoms in total. The zero-order valence-corrected chi connectivity index (χ0v) is 8.81. The summed E-state index contributed by atoms with van der Waals surface area (Å²) in [6.45, 7) is 3.52. The normalized spacial score (nSPS) is 12.2. The van der Waals surface area contributed by atoms with Gasteiger partial charge in [-0.25, -0.2) is 0 Å². The molecule has 5 heteroatoms. The Morgan fingerprint density at radius 3 is 2.87 bits per heavy atom. The molecule has 2 rings (SSSR count). The molecule has 0 spiro atoms. The molecular formula is C10H14N4O. The third-order valence-electron chi connectivity index (χ3n) is 2.20. The van der Waals surface area contributed by atoms with E-state index in [1.807, 2.05) is 18.2 Å². The highest BCUT2D eigenvalue weighted by molar-refractivity contribution is 5.78. The third kappa shape index (κ3) is 1.92. The van der Waals surface area contributed by atoms with Gasteiger partial charge in [-0.3, -0.25) is 0 Å². The SMILES string of the molecule is CC(C)(O)Cc1cccc2nnn(N)c12. The molecular weight excluding hydrogens is 192 g/mol. The van der Waals surface area contributed by atoms with Crippen molar-refractivity contribution in [1.82, 2.24) is 15.1 Å². The van der Waals surface area contributed by atoms with E-state index in [1.54, 1.807) is 13.8 Å². The molecule has 0 unspecified atom stereocenters. The highest BCUT2D eigenvalue weighted by Gasteiger charge is 2.17. The van der Waals surface area contributed by atoms with Gasteiger partial charge in [-0.1, -0.05) is 12.1 Å². The lowest BCUT2D eigenvalue weighted by atomic mass is 9.98. The maximum atomic E-state index is 9.77. The van der Waals surface area contributed by atoms with E-state index in [1.165, 1.54) is 4.79 Å². The van der Waals surface area contributed by atoms with Crippen LogP contribution in [0.4, 0.5) is 0 Å². The van der Waals surface area contributed by atoms with Crippen LogP contribution in [-0.2, 0) is 6.42 Å². The number of rotatable bonds is 2. The van der Waals surface area contributed by atoms with Crippen LogP contribution in [0, 0.1) is 0 Å². The molecule has 0 saturated carbocycles. The van der Waals surface area contributed by atoms with Crippen LogP contribution >= 0.6 is 0 Å². The summed E-state index contributed by atoms with van der Waals surface area (Å²) in [6, 6.07) is 5.66. The zero-order chi connectivity index (χ0) is 11.1. The predicted molar refractivity (Wildman–Crippen MR) is 57.7 cm³/mol. The second-order valence-corrected chi connectivity index (χ2v) is 4.31. The fraction of sp³-hybridized carbons (Fsp3) is 0.400. The Bertz CT molecular complexity index is 484. The molecule has 1 heterocycles. The summed E-state index contributed by atoms with van der Waals surface area (Å²) >= 11 is 0.